The number of nitrogens with two attached hydrogens (primary N) is 1. The maximum absolute atomic E-state index is 5.76. The first-order chi connectivity index (χ1) is 8.68. The number of hydrogen-bond donors (Lipinski definition) is 1. The molecule has 1 aromatic heterocycles. The minimum absolute atomic E-state index is 0.802. The van der Waals surface area contributed by atoms with Gasteiger partial charge in [-0.1, -0.05) is 30.3 Å². The van der Waals surface area contributed by atoms with Gasteiger partial charge in [-0.3, -0.25) is 0 Å². The van der Waals surface area contributed by atoms with Crippen molar-refractivity contribution in [2.24, 2.45) is 7.05 Å². The Kier molecular flexibility index (Phi) is 2.37. The number of fused-ring (bicyclic) bond motifs is 1. The molecule has 3 rings (SSSR count). The van der Waals surface area contributed by atoms with Crippen LogP contribution < -0.4 is 5.73 Å². The van der Waals surface area contributed by atoms with Gasteiger partial charge in [0.2, 0.25) is 0 Å². The summed E-state index contributed by atoms with van der Waals surface area (Å²) in [6.07, 6.45) is 0. The molecule has 18 heavy (non-hydrogen) atoms. The second-order valence-corrected chi connectivity index (χ2v) is 4.66. The van der Waals surface area contributed by atoms with Crippen LogP contribution in [0.3, 0.4) is 0 Å². The van der Waals surface area contributed by atoms with Crippen molar-refractivity contribution in [3.05, 3.63) is 54.2 Å². The number of nitrogen functional groups attached to an aromatic ring is 1. The van der Waals surface area contributed by atoms with Gasteiger partial charge in [-0.05, 0) is 30.7 Å². The smallest absolute Gasteiger partial charge is 0.0486 e. The van der Waals surface area contributed by atoms with E-state index in [2.05, 4.69) is 54.9 Å². The highest BCUT2D eigenvalue weighted by Crippen LogP contribution is 2.33. The van der Waals surface area contributed by atoms with Crippen LogP contribution in [0.4, 0.5) is 5.69 Å². The van der Waals surface area contributed by atoms with Crippen LogP contribution in [0.15, 0.2) is 48.5 Å². The highest BCUT2D eigenvalue weighted by Gasteiger charge is 2.12. The molecule has 2 N–H and O–H groups in total. The fourth-order valence-corrected chi connectivity index (χ4v) is 2.53. The normalized spacial score (nSPS) is 11.0. The molecule has 0 unspecified atom stereocenters. The standard InChI is InChI=1S/C16H16N2/c1-11-16(12-7-9-13(17)10-8-12)14-5-3-4-6-15(14)18(11)2/h3-10H,17H2,1-2H3. The van der Waals surface area contributed by atoms with Crippen LogP contribution in [0.2, 0.25) is 0 Å². The number of nitrogens with zero attached hydrogens (tertiary/aromatic N) is 1. The number of para-hydroxylation sites is 1. The highest BCUT2D eigenvalue weighted by molar-refractivity contribution is 5.98. The predicted molar refractivity (Wildman–Crippen MR) is 77.5 cm³/mol. The molecule has 90 valence electrons. The Balaban J connectivity index is 2.35. The second-order valence-electron chi connectivity index (χ2n) is 4.66. The first-order valence-corrected chi connectivity index (χ1v) is 6.08. The minimum atomic E-state index is 0.802. The first kappa shape index (κ1) is 10.9. The van der Waals surface area contributed by atoms with E-state index in [0.717, 1.165) is 5.69 Å². The summed E-state index contributed by atoms with van der Waals surface area (Å²) in [6, 6.07) is 16.6. The molecule has 0 radical (unpaired) electrons. The third-order valence-corrected chi connectivity index (χ3v) is 3.60. The number of hydrogen-bond acceptors (Lipinski definition) is 1. The molecule has 1 heterocycles. The van der Waals surface area contributed by atoms with E-state index in [1.54, 1.807) is 0 Å². The van der Waals surface area contributed by atoms with Crippen molar-refractivity contribution in [3.8, 4) is 11.1 Å². The Morgan fingerprint density at radius 1 is 0.944 bits per heavy atom. The fourth-order valence-electron chi connectivity index (χ4n) is 2.53. The Bertz CT molecular complexity index is 706. The summed E-state index contributed by atoms with van der Waals surface area (Å²) in [5.74, 6) is 0. The van der Waals surface area contributed by atoms with Gasteiger partial charge in [0.05, 0.1) is 0 Å². The molecular formula is C16H16N2. The molecule has 2 heteroatoms. The summed E-state index contributed by atoms with van der Waals surface area (Å²) in [5, 5.41) is 1.29. The molecule has 0 aliphatic heterocycles. The van der Waals surface area contributed by atoms with Gasteiger partial charge in [-0.2, -0.15) is 0 Å². The highest BCUT2D eigenvalue weighted by atomic mass is 14.9. The van der Waals surface area contributed by atoms with Crippen molar-refractivity contribution in [3.63, 3.8) is 0 Å². The zero-order valence-electron chi connectivity index (χ0n) is 10.6. The average molecular weight is 236 g/mol. The number of anilines is 1. The molecule has 0 saturated heterocycles. The molecule has 0 fully saturated rings. The summed E-state index contributed by atoms with van der Waals surface area (Å²) in [4.78, 5) is 0. The summed E-state index contributed by atoms with van der Waals surface area (Å²) >= 11 is 0. The van der Waals surface area contributed by atoms with Crippen molar-refractivity contribution in [2.75, 3.05) is 5.73 Å². The Hall–Kier alpha value is -2.22. The molecule has 3 aromatic rings. The van der Waals surface area contributed by atoms with Gasteiger partial charge in [-0.25, -0.2) is 0 Å². The number of benzene rings is 2. The lowest BCUT2D eigenvalue weighted by atomic mass is 10.0. The van der Waals surface area contributed by atoms with E-state index >= 15 is 0 Å². The van der Waals surface area contributed by atoms with E-state index in [0.29, 0.717) is 0 Å². The van der Waals surface area contributed by atoms with E-state index < -0.39 is 0 Å². The van der Waals surface area contributed by atoms with E-state index in [1.165, 1.54) is 27.7 Å². The molecule has 2 aromatic carbocycles. The van der Waals surface area contributed by atoms with Crippen LogP contribution in [-0.2, 0) is 7.05 Å². The number of aromatic nitrogens is 1. The monoisotopic (exact) mass is 236 g/mol. The molecule has 0 saturated carbocycles. The molecule has 0 amide bonds. The molecule has 2 nitrogen and oxygen atoms in total. The van der Waals surface area contributed by atoms with Crippen LogP contribution in [0.1, 0.15) is 5.69 Å². The summed E-state index contributed by atoms with van der Waals surface area (Å²) in [7, 11) is 2.11. The van der Waals surface area contributed by atoms with Crippen LogP contribution >= 0.6 is 0 Å². The summed E-state index contributed by atoms with van der Waals surface area (Å²) in [5.41, 5.74) is 11.6. The van der Waals surface area contributed by atoms with Crippen molar-refractivity contribution >= 4 is 16.6 Å². The largest absolute Gasteiger partial charge is 0.399 e. The van der Waals surface area contributed by atoms with Crippen molar-refractivity contribution in [2.45, 2.75) is 6.92 Å². The van der Waals surface area contributed by atoms with Crippen LogP contribution in [0.25, 0.3) is 22.0 Å². The lowest BCUT2D eigenvalue weighted by Gasteiger charge is -2.03. The zero-order chi connectivity index (χ0) is 12.7. The van der Waals surface area contributed by atoms with Crippen molar-refractivity contribution < 1.29 is 0 Å². The van der Waals surface area contributed by atoms with Gasteiger partial charge in [0, 0.05) is 34.9 Å². The first-order valence-electron chi connectivity index (χ1n) is 6.08. The molecular weight excluding hydrogens is 220 g/mol. The van der Waals surface area contributed by atoms with E-state index in [9.17, 15) is 0 Å². The van der Waals surface area contributed by atoms with Gasteiger partial charge in [0.1, 0.15) is 0 Å². The van der Waals surface area contributed by atoms with Crippen LogP contribution in [0.5, 0.6) is 0 Å². The van der Waals surface area contributed by atoms with Gasteiger partial charge >= 0.3 is 0 Å². The third kappa shape index (κ3) is 1.50. The maximum Gasteiger partial charge on any atom is 0.0486 e. The molecule has 0 aliphatic rings. The summed E-state index contributed by atoms with van der Waals surface area (Å²) in [6.45, 7) is 2.16. The predicted octanol–water partition coefficient (Wildman–Crippen LogP) is 3.74. The zero-order valence-corrected chi connectivity index (χ0v) is 10.6. The molecule has 0 atom stereocenters. The Labute approximate surface area is 107 Å². The van der Waals surface area contributed by atoms with Crippen molar-refractivity contribution in [1.82, 2.24) is 4.57 Å². The average Bonchev–Trinajstić information content (AvgIpc) is 2.64. The number of rotatable bonds is 1. The second kappa shape index (κ2) is 3.91. The molecule has 0 bridgehead atoms. The van der Waals surface area contributed by atoms with E-state index in [-0.39, 0.29) is 0 Å². The minimum Gasteiger partial charge on any atom is -0.399 e. The van der Waals surface area contributed by atoms with Crippen LogP contribution in [-0.4, -0.2) is 4.57 Å². The maximum atomic E-state index is 5.76. The Morgan fingerprint density at radius 2 is 1.61 bits per heavy atom. The lowest BCUT2D eigenvalue weighted by Crippen LogP contribution is -1.90. The third-order valence-electron chi connectivity index (χ3n) is 3.60. The lowest BCUT2D eigenvalue weighted by molar-refractivity contribution is 0.919. The molecule has 0 aliphatic carbocycles. The molecule has 0 spiro atoms. The topological polar surface area (TPSA) is 30.9 Å². The Morgan fingerprint density at radius 3 is 2.33 bits per heavy atom. The van der Waals surface area contributed by atoms with E-state index in [4.69, 9.17) is 5.73 Å². The van der Waals surface area contributed by atoms with Crippen LogP contribution in [0, 0.1) is 6.92 Å². The SMILES string of the molecule is Cc1c(-c2ccc(N)cc2)c2ccccc2n1C. The summed E-state index contributed by atoms with van der Waals surface area (Å²) < 4.78 is 2.24. The van der Waals surface area contributed by atoms with E-state index in [1.807, 2.05) is 12.1 Å². The quantitative estimate of drug-likeness (QED) is 0.641. The fraction of sp³-hybridized carbons (Fsp3) is 0.125. The van der Waals surface area contributed by atoms with Gasteiger partial charge < -0.3 is 10.3 Å². The van der Waals surface area contributed by atoms with Gasteiger partial charge in [0.25, 0.3) is 0 Å². The van der Waals surface area contributed by atoms with Crippen molar-refractivity contribution in [1.29, 1.82) is 0 Å². The number of aryl methyl sites for hydroxylation is 1. The van der Waals surface area contributed by atoms with Gasteiger partial charge in [-0.15, -0.1) is 0 Å². The van der Waals surface area contributed by atoms with Gasteiger partial charge in [0.15, 0.2) is 0 Å².